The summed E-state index contributed by atoms with van der Waals surface area (Å²) in [6.45, 7) is 3.49. The molecule has 2 aromatic carbocycles. The summed E-state index contributed by atoms with van der Waals surface area (Å²) in [5, 5.41) is 5.72. The number of nitrogens with one attached hydrogen (secondary N) is 2. The molecule has 0 unspecified atom stereocenters. The largest absolute Gasteiger partial charge is 0.371 e. The Bertz CT molecular complexity index is 857. The van der Waals surface area contributed by atoms with Crippen LogP contribution in [0.2, 0.25) is 0 Å². The van der Waals surface area contributed by atoms with Crippen molar-refractivity contribution in [3.8, 4) is 0 Å². The third-order valence-electron chi connectivity index (χ3n) is 6.18. The Hall–Kier alpha value is -2.82. The molecule has 0 saturated carbocycles. The van der Waals surface area contributed by atoms with Crippen LogP contribution in [0.4, 0.5) is 5.69 Å². The highest BCUT2D eigenvalue weighted by Gasteiger charge is 2.45. The number of rotatable bonds is 4. The molecule has 4 rings (SSSR count). The van der Waals surface area contributed by atoms with E-state index in [1.807, 2.05) is 6.07 Å². The molecular weight excluding hydrogens is 350 g/mol. The van der Waals surface area contributed by atoms with Gasteiger partial charge in [0.05, 0.1) is 12.6 Å². The van der Waals surface area contributed by atoms with E-state index in [0.29, 0.717) is 0 Å². The van der Waals surface area contributed by atoms with Crippen LogP contribution >= 0.6 is 0 Å². The Morgan fingerprint density at radius 3 is 2.43 bits per heavy atom. The van der Waals surface area contributed by atoms with Crippen LogP contribution in [0.1, 0.15) is 43.4 Å². The van der Waals surface area contributed by atoms with E-state index in [9.17, 15) is 9.59 Å². The molecule has 146 valence electrons. The van der Waals surface area contributed by atoms with E-state index in [0.717, 1.165) is 32.4 Å². The molecule has 5 heteroatoms. The maximum Gasteiger partial charge on any atom is 0.239 e. The van der Waals surface area contributed by atoms with Crippen LogP contribution in [0.15, 0.2) is 54.6 Å². The average molecular weight is 377 g/mol. The first-order valence-corrected chi connectivity index (χ1v) is 10.0. The molecule has 2 amide bonds. The smallest absolute Gasteiger partial charge is 0.239 e. The summed E-state index contributed by atoms with van der Waals surface area (Å²) in [4.78, 5) is 25.8. The maximum atomic E-state index is 12.3. The lowest BCUT2D eigenvalue weighted by molar-refractivity contribution is -0.125. The van der Waals surface area contributed by atoms with E-state index in [-0.39, 0.29) is 29.8 Å². The molecule has 1 aliphatic heterocycles. The summed E-state index contributed by atoms with van der Waals surface area (Å²) >= 11 is 0. The first kappa shape index (κ1) is 18.5. The number of carbonyl (C=O) groups is 2. The lowest BCUT2D eigenvalue weighted by Gasteiger charge is -2.41. The minimum atomic E-state index is -0.188. The summed E-state index contributed by atoms with van der Waals surface area (Å²) in [7, 11) is 0. The van der Waals surface area contributed by atoms with Crippen molar-refractivity contribution in [3.05, 3.63) is 65.7 Å². The molecule has 28 heavy (non-hydrogen) atoms. The Morgan fingerprint density at radius 2 is 1.71 bits per heavy atom. The highest BCUT2D eigenvalue weighted by molar-refractivity contribution is 5.84. The van der Waals surface area contributed by atoms with E-state index in [1.54, 1.807) is 0 Å². The number of nitrogens with zero attached hydrogens (tertiary/aromatic N) is 1. The van der Waals surface area contributed by atoms with Crippen molar-refractivity contribution in [3.63, 3.8) is 0 Å². The fourth-order valence-corrected chi connectivity index (χ4v) is 4.78. The molecule has 2 aromatic rings. The Morgan fingerprint density at radius 1 is 1.04 bits per heavy atom. The van der Waals surface area contributed by atoms with Crippen molar-refractivity contribution in [2.24, 2.45) is 0 Å². The molecule has 0 radical (unpaired) electrons. The van der Waals surface area contributed by atoms with Crippen molar-refractivity contribution in [1.29, 1.82) is 0 Å². The normalized spacial score (nSPS) is 19.9. The van der Waals surface area contributed by atoms with E-state index in [4.69, 9.17) is 0 Å². The molecule has 2 N–H and O–H groups in total. The fraction of sp³-hybridized carbons (Fsp3) is 0.391. The lowest BCUT2D eigenvalue weighted by atomic mass is 9.73. The predicted octanol–water partition coefficient (Wildman–Crippen LogP) is 2.92. The second-order valence-electron chi connectivity index (χ2n) is 7.92. The standard InChI is InChI=1S/C23H27N3O2/c1-17(27)24-16-22(28)25-21-15-23(20-10-6-5-9-19(20)21)11-13-26(14-12-23)18-7-3-2-4-8-18/h2-10,21H,11-16H2,1H3,(H,24,27)(H,25,28)/t21-/m1/s1. The van der Waals surface area contributed by atoms with Gasteiger partial charge in [0.15, 0.2) is 0 Å². The van der Waals surface area contributed by atoms with Crippen molar-refractivity contribution in [1.82, 2.24) is 10.6 Å². The molecular formula is C23H27N3O2. The molecule has 0 aromatic heterocycles. The molecule has 0 bridgehead atoms. The van der Waals surface area contributed by atoms with Crippen molar-refractivity contribution in [2.75, 3.05) is 24.5 Å². The van der Waals surface area contributed by atoms with Crippen molar-refractivity contribution >= 4 is 17.5 Å². The highest BCUT2D eigenvalue weighted by atomic mass is 16.2. The quantitative estimate of drug-likeness (QED) is 0.861. The number of carbonyl (C=O) groups excluding carboxylic acids is 2. The van der Waals surface area contributed by atoms with E-state index in [2.05, 4.69) is 64.1 Å². The Labute approximate surface area is 166 Å². The van der Waals surface area contributed by atoms with Crippen molar-refractivity contribution in [2.45, 2.75) is 37.6 Å². The van der Waals surface area contributed by atoms with Crippen LogP contribution in [0.3, 0.4) is 0 Å². The van der Waals surface area contributed by atoms with Crippen LogP contribution in [-0.2, 0) is 15.0 Å². The van der Waals surface area contributed by atoms with Crippen LogP contribution in [-0.4, -0.2) is 31.4 Å². The van der Waals surface area contributed by atoms with Gasteiger partial charge in [-0.25, -0.2) is 0 Å². The lowest BCUT2D eigenvalue weighted by Crippen LogP contribution is -2.42. The minimum Gasteiger partial charge on any atom is -0.371 e. The van der Waals surface area contributed by atoms with Crippen LogP contribution in [0.25, 0.3) is 0 Å². The highest BCUT2D eigenvalue weighted by Crippen LogP contribution is 2.51. The average Bonchev–Trinajstić information content (AvgIpc) is 3.01. The van der Waals surface area contributed by atoms with Crippen LogP contribution in [0.5, 0.6) is 0 Å². The Balaban J connectivity index is 1.49. The van der Waals surface area contributed by atoms with Gasteiger partial charge < -0.3 is 15.5 Å². The number of para-hydroxylation sites is 1. The summed E-state index contributed by atoms with van der Waals surface area (Å²) in [6.07, 6.45) is 3.09. The van der Waals surface area contributed by atoms with Crippen LogP contribution < -0.4 is 15.5 Å². The van der Waals surface area contributed by atoms with Gasteiger partial charge in [0, 0.05) is 31.1 Å². The third-order valence-corrected chi connectivity index (χ3v) is 6.18. The second-order valence-corrected chi connectivity index (χ2v) is 7.92. The van der Waals surface area contributed by atoms with Gasteiger partial charge in [0.1, 0.15) is 0 Å². The number of fused-ring (bicyclic) bond motifs is 2. The molecule has 1 spiro atoms. The molecule has 5 nitrogen and oxygen atoms in total. The number of piperidine rings is 1. The number of hydrogen-bond acceptors (Lipinski definition) is 3. The summed E-state index contributed by atoms with van der Waals surface area (Å²) < 4.78 is 0. The summed E-state index contributed by atoms with van der Waals surface area (Å²) in [5.41, 5.74) is 4.01. The zero-order chi connectivity index (χ0) is 19.6. The molecule has 1 aliphatic carbocycles. The maximum absolute atomic E-state index is 12.3. The number of anilines is 1. The van der Waals surface area contributed by atoms with Gasteiger partial charge in [0.25, 0.3) is 0 Å². The van der Waals surface area contributed by atoms with E-state index in [1.165, 1.54) is 23.7 Å². The van der Waals surface area contributed by atoms with Gasteiger partial charge in [-0.05, 0) is 42.5 Å². The van der Waals surface area contributed by atoms with Gasteiger partial charge in [-0.2, -0.15) is 0 Å². The zero-order valence-corrected chi connectivity index (χ0v) is 16.3. The fourth-order valence-electron chi connectivity index (χ4n) is 4.78. The Kier molecular flexibility index (Phi) is 5.07. The second kappa shape index (κ2) is 7.66. The van der Waals surface area contributed by atoms with Gasteiger partial charge in [-0.1, -0.05) is 42.5 Å². The predicted molar refractivity (Wildman–Crippen MR) is 110 cm³/mol. The zero-order valence-electron chi connectivity index (χ0n) is 16.3. The monoisotopic (exact) mass is 377 g/mol. The summed E-state index contributed by atoms with van der Waals surface area (Å²) in [5.74, 6) is -0.319. The first-order chi connectivity index (χ1) is 13.6. The van der Waals surface area contributed by atoms with Gasteiger partial charge in [-0.3, -0.25) is 9.59 Å². The van der Waals surface area contributed by atoms with E-state index >= 15 is 0 Å². The van der Waals surface area contributed by atoms with Gasteiger partial charge in [-0.15, -0.1) is 0 Å². The summed E-state index contributed by atoms with van der Waals surface area (Å²) in [6, 6.07) is 19.1. The SMILES string of the molecule is CC(=O)NCC(=O)N[C@@H]1CC2(CCN(c3ccccc3)CC2)c2ccccc21. The molecule has 2 aliphatic rings. The third kappa shape index (κ3) is 3.61. The van der Waals surface area contributed by atoms with E-state index < -0.39 is 0 Å². The molecule has 1 saturated heterocycles. The minimum absolute atomic E-state index is 0.0146. The van der Waals surface area contributed by atoms with Crippen molar-refractivity contribution < 1.29 is 9.59 Å². The molecule has 1 fully saturated rings. The molecule has 1 atom stereocenters. The number of amides is 2. The number of hydrogen-bond donors (Lipinski definition) is 2. The topological polar surface area (TPSA) is 61.4 Å². The molecule has 1 heterocycles. The van der Waals surface area contributed by atoms with Crippen LogP contribution in [0, 0.1) is 0 Å². The van der Waals surface area contributed by atoms with Gasteiger partial charge >= 0.3 is 0 Å². The van der Waals surface area contributed by atoms with Gasteiger partial charge in [0.2, 0.25) is 11.8 Å². The number of benzene rings is 2. The first-order valence-electron chi connectivity index (χ1n) is 10.0.